The van der Waals surface area contributed by atoms with Crippen LogP contribution in [0.3, 0.4) is 0 Å². The third kappa shape index (κ3) is 2.90. The maximum Gasteiger partial charge on any atom is 0.265 e. The normalized spacial score (nSPS) is 13.5. The highest BCUT2D eigenvalue weighted by atomic mass is 32.1. The van der Waals surface area contributed by atoms with Gasteiger partial charge in [0, 0.05) is 17.5 Å². The van der Waals surface area contributed by atoms with Crippen molar-refractivity contribution in [3.63, 3.8) is 0 Å². The number of carbonyl (C=O) groups excluding carboxylic acids is 1. The molecule has 0 saturated heterocycles. The largest absolute Gasteiger partial charge is 0.482 e. The fourth-order valence-electron chi connectivity index (χ4n) is 2.85. The van der Waals surface area contributed by atoms with Crippen molar-refractivity contribution in [3.05, 3.63) is 65.0 Å². The van der Waals surface area contributed by atoms with Crippen LogP contribution in [0.1, 0.15) is 5.56 Å². The summed E-state index contributed by atoms with van der Waals surface area (Å²) in [6.45, 7) is 0.734. The molecule has 1 aliphatic heterocycles. The van der Waals surface area contributed by atoms with Crippen LogP contribution in [-0.2, 0) is 11.2 Å². The molecule has 0 unspecified atom stereocenters. The van der Waals surface area contributed by atoms with Gasteiger partial charge in [0.05, 0.1) is 16.9 Å². The minimum atomic E-state index is -0.00569. The maximum absolute atomic E-state index is 12.4. The molecule has 4 rings (SSSR count). The summed E-state index contributed by atoms with van der Waals surface area (Å²) in [5, 5.41) is 2.00. The van der Waals surface area contributed by atoms with Crippen molar-refractivity contribution in [1.29, 1.82) is 0 Å². The lowest BCUT2D eigenvalue weighted by atomic mass is 10.1. The molecule has 0 radical (unpaired) electrons. The zero-order valence-electron chi connectivity index (χ0n) is 13.0. The first-order valence-corrected chi connectivity index (χ1v) is 8.75. The second kappa shape index (κ2) is 6.45. The summed E-state index contributed by atoms with van der Waals surface area (Å²) in [5.74, 6) is 0.746. The van der Waals surface area contributed by atoms with Crippen LogP contribution in [0.2, 0.25) is 0 Å². The molecule has 0 aliphatic carbocycles. The van der Waals surface area contributed by atoms with E-state index in [1.807, 2.05) is 52.2 Å². The van der Waals surface area contributed by atoms with E-state index in [0.717, 1.165) is 29.1 Å². The van der Waals surface area contributed by atoms with Crippen molar-refractivity contribution in [2.45, 2.75) is 6.42 Å². The van der Waals surface area contributed by atoms with E-state index in [1.54, 1.807) is 11.3 Å². The molecule has 24 heavy (non-hydrogen) atoms. The summed E-state index contributed by atoms with van der Waals surface area (Å²) in [6.07, 6.45) is 0.812. The summed E-state index contributed by atoms with van der Waals surface area (Å²) in [5.41, 5.74) is 5.77. The second-order valence-electron chi connectivity index (χ2n) is 5.63. The summed E-state index contributed by atoms with van der Waals surface area (Å²) in [6, 6.07) is 16.1. The lowest BCUT2D eigenvalue weighted by Gasteiger charge is -2.29. The molecule has 1 aliphatic rings. The molecule has 0 spiro atoms. The molecule has 1 amide bonds. The quantitative estimate of drug-likeness (QED) is 0.728. The van der Waals surface area contributed by atoms with Gasteiger partial charge in [0.1, 0.15) is 5.75 Å². The first-order valence-electron chi connectivity index (χ1n) is 7.81. The summed E-state index contributed by atoms with van der Waals surface area (Å²) >= 11 is 1.56. The zero-order chi connectivity index (χ0) is 16.4. The number of hydrogen-bond donors (Lipinski definition) is 0. The average molecular weight is 336 g/mol. The van der Waals surface area contributed by atoms with E-state index in [0.29, 0.717) is 6.54 Å². The van der Waals surface area contributed by atoms with Crippen LogP contribution in [0.25, 0.3) is 11.3 Å². The van der Waals surface area contributed by atoms with Gasteiger partial charge in [-0.1, -0.05) is 30.3 Å². The fraction of sp³-hybridized carbons (Fsp3) is 0.158. The van der Waals surface area contributed by atoms with Crippen LogP contribution in [0.15, 0.2) is 59.4 Å². The molecule has 2 aromatic carbocycles. The first-order chi connectivity index (χ1) is 11.8. The van der Waals surface area contributed by atoms with Crippen molar-refractivity contribution in [2.24, 2.45) is 0 Å². The number of hydrogen-bond acceptors (Lipinski definition) is 4. The lowest BCUT2D eigenvalue weighted by Crippen LogP contribution is -2.40. The minimum Gasteiger partial charge on any atom is -0.482 e. The van der Waals surface area contributed by atoms with Gasteiger partial charge in [-0.3, -0.25) is 4.79 Å². The second-order valence-corrected chi connectivity index (χ2v) is 6.34. The van der Waals surface area contributed by atoms with Crippen molar-refractivity contribution >= 4 is 22.9 Å². The van der Waals surface area contributed by atoms with E-state index in [1.165, 1.54) is 5.56 Å². The number of ether oxygens (including phenoxy) is 1. The minimum absolute atomic E-state index is 0.00569. The number of fused-ring (bicyclic) bond motifs is 1. The van der Waals surface area contributed by atoms with Gasteiger partial charge < -0.3 is 9.64 Å². The smallest absolute Gasteiger partial charge is 0.265 e. The van der Waals surface area contributed by atoms with Gasteiger partial charge >= 0.3 is 0 Å². The topological polar surface area (TPSA) is 42.4 Å². The molecular formula is C19H16N2O2S. The summed E-state index contributed by atoms with van der Waals surface area (Å²) in [4.78, 5) is 18.5. The lowest BCUT2D eigenvalue weighted by molar-refractivity contribution is -0.121. The Kier molecular flexibility index (Phi) is 4.01. The Labute approximate surface area is 144 Å². The third-order valence-electron chi connectivity index (χ3n) is 4.10. The number of benzene rings is 2. The molecule has 5 heteroatoms. The van der Waals surface area contributed by atoms with Crippen LogP contribution in [-0.4, -0.2) is 24.0 Å². The highest BCUT2D eigenvalue weighted by molar-refractivity contribution is 7.07. The zero-order valence-corrected chi connectivity index (χ0v) is 13.8. The monoisotopic (exact) mass is 336 g/mol. The molecule has 0 atom stereocenters. The van der Waals surface area contributed by atoms with Crippen molar-refractivity contribution in [1.82, 2.24) is 4.98 Å². The van der Waals surface area contributed by atoms with Crippen molar-refractivity contribution < 1.29 is 9.53 Å². The molecule has 0 saturated carbocycles. The van der Waals surface area contributed by atoms with Gasteiger partial charge in [0.2, 0.25) is 0 Å². The van der Waals surface area contributed by atoms with Gasteiger partial charge in [-0.15, -0.1) is 11.3 Å². The number of amides is 1. The maximum atomic E-state index is 12.4. The number of nitrogens with zero attached hydrogens (tertiary/aromatic N) is 2. The number of aromatic nitrogens is 1. The molecule has 1 aromatic heterocycles. The number of anilines is 1. The summed E-state index contributed by atoms with van der Waals surface area (Å²) < 4.78 is 5.58. The van der Waals surface area contributed by atoms with Gasteiger partial charge in [0.25, 0.3) is 5.91 Å². The molecule has 0 bridgehead atoms. The molecule has 0 N–H and O–H groups in total. The molecule has 3 aromatic rings. The molecular weight excluding hydrogens is 320 g/mol. The Balaban J connectivity index is 1.63. The van der Waals surface area contributed by atoms with Gasteiger partial charge in [-0.25, -0.2) is 4.98 Å². The predicted molar refractivity (Wildman–Crippen MR) is 95.5 cm³/mol. The van der Waals surface area contributed by atoms with E-state index in [4.69, 9.17) is 4.74 Å². The number of rotatable bonds is 4. The van der Waals surface area contributed by atoms with Gasteiger partial charge in [-0.2, -0.15) is 0 Å². The van der Waals surface area contributed by atoms with Gasteiger partial charge in [0.15, 0.2) is 6.61 Å². The Morgan fingerprint density at radius 2 is 2.04 bits per heavy atom. The summed E-state index contributed by atoms with van der Waals surface area (Å²) in [7, 11) is 0. The van der Waals surface area contributed by atoms with E-state index in [2.05, 4.69) is 17.1 Å². The van der Waals surface area contributed by atoms with Crippen LogP contribution in [0.4, 0.5) is 5.69 Å². The molecule has 120 valence electrons. The standard InChI is InChI=1S/C19H16N2O2S/c22-19-11-23-18-7-6-15(16-12-24-13-20-16)10-17(18)21(19)9-8-14-4-2-1-3-5-14/h1-7,10,12-13H,8-9,11H2. The van der Waals surface area contributed by atoms with E-state index in [9.17, 15) is 4.79 Å². The molecule has 0 fully saturated rings. The Bertz CT molecular complexity index is 847. The van der Waals surface area contributed by atoms with Gasteiger partial charge in [-0.05, 0) is 30.2 Å². The van der Waals surface area contributed by atoms with Crippen LogP contribution >= 0.6 is 11.3 Å². The number of carbonyl (C=O) groups is 1. The van der Waals surface area contributed by atoms with Crippen LogP contribution < -0.4 is 9.64 Å². The van der Waals surface area contributed by atoms with Crippen LogP contribution in [0.5, 0.6) is 5.75 Å². The van der Waals surface area contributed by atoms with Crippen LogP contribution in [0, 0.1) is 0 Å². The third-order valence-corrected chi connectivity index (χ3v) is 4.68. The molecule has 2 heterocycles. The van der Waals surface area contributed by atoms with E-state index >= 15 is 0 Å². The van der Waals surface area contributed by atoms with Crippen molar-refractivity contribution in [2.75, 3.05) is 18.1 Å². The SMILES string of the molecule is O=C1COc2ccc(-c3cscn3)cc2N1CCc1ccccc1. The van der Waals surface area contributed by atoms with E-state index in [-0.39, 0.29) is 12.5 Å². The Hall–Kier alpha value is -2.66. The highest BCUT2D eigenvalue weighted by Crippen LogP contribution is 2.36. The Morgan fingerprint density at radius 1 is 1.17 bits per heavy atom. The predicted octanol–water partition coefficient (Wildman–Crippen LogP) is 3.78. The van der Waals surface area contributed by atoms with E-state index < -0.39 is 0 Å². The molecule has 4 nitrogen and oxygen atoms in total. The number of thiazole rings is 1. The van der Waals surface area contributed by atoms with Crippen molar-refractivity contribution in [3.8, 4) is 17.0 Å². The first kappa shape index (κ1) is 14.9. The fourth-order valence-corrected chi connectivity index (χ4v) is 3.41. The average Bonchev–Trinajstić information content (AvgIpc) is 3.16. The Morgan fingerprint density at radius 3 is 2.83 bits per heavy atom. The highest BCUT2D eigenvalue weighted by Gasteiger charge is 2.25.